The topological polar surface area (TPSA) is 77.0 Å². The second-order valence-corrected chi connectivity index (χ2v) is 8.70. The second-order valence-electron chi connectivity index (χ2n) is 8.70. The molecule has 0 radical (unpaired) electrons. The van der Waals surface area contributed by atoms with Gasteiger partial charge in [-0.2, -0.15) is 0 Å². The molecule has 0 bridgehead atoms. The Bertz CT molecular complexity index is 1040. The van der Waals surface area contributed by atoms with Gasteiger partial charge in [-0.25, -0.2) is 22.9 Å². The normalized spacial score (nSPS) is 24.8. The molecule has 2 saturated heterocycles. The van der Waals surface area contributed by atoms with Gasteiger partial charge in [0.25, 0.3) is 0 Å². The van der Waals surface area contributed by atoms with Crippen LogP contribution in [0.25, 0.3) is 0 Å². The van der Waals surface area contributed by atoms with Crippen molar-refractivity contribution in [2.45, 2.75) is 31.5 Å². The fourth-order valence-electron chi connectivity index (χ4n) is 5.03. The van der Waals surface area contributed by atoms with Gasteiger partial charge >= 0.3 is 6.09 Å². The molecule has 7 nitrogen and oxygen atoms in total. The number of anilines is 1. The molecule has 0 saturated carbocycles. The molecule has 182 valence electrons. The number of amides is 2. The average Bonchev–Trinajstić information content (AvgIpc) is 3.26. The third kappa shape index (κ3) is 4.67. The van der Waals surface area contributed by atoms with E-state index in [-0.39, 0.29) is 32.1 Å². The van der Waals surface area contributed by atoms with Gasteiger partial charge in [-0.1, -0.05) is 12.1 Å². The molecule has 34 heavy (non-hydrogen) atoms. The summed E-state index contributed by atoms with van der Waals surface area (Å²) in [6.45, 7) is 2.50. The molecule has 3 heterocycles. The standard InChI is InChI=1S/C24H27F3N4O3/c1-2-31(24(33)34)21-14-30(12-17(21)15-6-7-18(25)19(26)11-15)23(32)16-8-10-29(13-20(16)27)22-5-3-4-9-28-22/h3-7,9,11,16-17,20-21H,2,8,10,12-14H2,1H3,(H,33,34)/t16?,17-,20?,21+/m0/s1. The molecule has 4 atom stereocenters. The lowest BCUT2D eigenvalue weighted by molar-refractivity contribution is -0.137. The van der Waals surface area contributed by atoms with Gasteiger partial charge in [-0.15, -0.1) is 0 Å². The van der Waals surface area contributed by atoms with Crippen LogP contribution in [0, 0.1) is 17.6 Å². The van der Waals surface area contributed by atoms with Crippen molar-refractivity contribution in [3.8, 4) is 0 Å². The minimum Gasteiger partial charge on any atom is -0.465 e. The fraction of sp³-hybridized carbons (Fsp3) is 0.458. The zero-order valence-corrected chi connectivity index (χ0v) is 18.8. The maximum Gasteiger partial charge on any atom is 0.407 e. The minimum atomic E-state index is -1.41. The second kappa shape index (κ2) is 9.90. The molecule has 2 fully saturated rings. The van der Waals surface area contributed by atoms with Crippen LogP contribution in [0.2, 0.25) is 0 Å². The Morgan fingerprint density at radius 2 is 1.94 bits per heavy atom. The van der Waals surface area contributed by atoms with E-state index in [1.807, 2.05) is 6.07 Å². The Morgan fingerprint density at radius 1 is 1.15 bits per heavy atom. The Morgan fingerprint density at radius 3 is 2.56 bits per heavy atom. The predicted octanol–water partition coefficient (Wildman–Crippen LogP) is 3.52. The number of rotatable bonds is 5. The summed E-state index contributed by atoms with van der Waals surface area (Å²) in [6.07, 6.45) is -0.652. The molecule has 0 aliphatic carbocycles. The Hall–Kier alpha value is -3.30. The third-order valence-corrected chi connectivity index (χ3v) is 6.79. The monoisotopic (exact) mass is 476 g/mol. The first-order valence-corrected chi connectivity index (χ1v) is 11.3. The average molecular weight is 476 g/mol. The highest BCUT2D eigenvalue weighted by atomic mass is 19.2. The Balaban J connectivity index is 1.52. The maximum absolute atomic E-state index is 15.1. The van der Waals surface area contributed by atoms with Gasteiger partial charge in [0.1, 0.15) is 12.0 Å². The van der Waals surface area contributed by atoms with E-state index in [1.54, 1.807) is 30.2 Å². The number of nitrogens with zero attached hydrogens (tertiary/aromatic N) is 4. The van der Waals surface area contributed by atoms with Gasteiger partial charge in [0.15, 0.2) is 11.6 Å². The molecule has 10 heteroatoms. The quantitative estimate of drug-likeness (QED) is 0.715. The van der Waals surface area contributed by atoms with Crippen molar-refractivity contribution >= 4 is 17.8 Å². The number of piperidine rings is 1. The number of carbonyl (C=O) groups excluding carboxylic acids is 1. The number of halogens is 3. The van der Waals surface area contributed by atoms with E-state index in [0.29, 0.717) is 24.3 Å². The lowest BCUT2D eigenvalue weighted by Crippen LogP contribution is -2.49. The van der Waals surface area contributed by atoms with Gasteiger partial charge in [-0.05, 0) is 43.2 Å². The largest absolute Gasteiger partial charge is 0.465 e. The number of pyridine rings is 1. The maximum atomic E-state index is 15.1. The van der Waals surface area contributed by atoms with E-state index < -0.39 is 41.8 Å². The van der Waals surface area contributed by atoms with Crippen molar-refractivity contribution < 1.29 is 27.9 Å². The molecule has 2 amide bonds. The summed E-state index contributed by atoms with van der Waals surface area (Å²) in [5.74, 6) is -3.19. The molecule has 4 rings (SSSR count). The molecule has 2 aliphatic rings. The molecule has 1 aromatic heterocycles. The number of hydrogen-bond acceptors (Lipinski definition) is 4. The summed E-state index contributed by atoms with van der Waals surface area (Å²) in [5, 5.41) is 9.67. The first kappa shape index (κ1) is 23.8. The highest BCUT2D eigenvalue weighted by Crippen LogP contribution is 2.35. The minimum absolute atomic E-state index is 0.0352. The van der Waals surface area contributed by atoms with Crippen LogP contribution < -0.4 is 4.90 Å². The fourth-order valence-corrected chi connectivity index (χ4v) is 5.03. The third-order valence-electron chi connectivity index (χ3n) is 6.79. The van der Waals surface area contributed by atoms with Crippen LogP contribution >= 0.6 is 0 Å². The van der Waals surface area contributed by atoms with Crippen LogP contribution in [0.1, 0.15) is 24.8 Å². The number of alkyl halides is 1. The van der Waals surface area contributed by atoms with Crippen LogP contribution in [-0.4, -0.2) is 76.8 Å². The summed E-state index contributed by atoms with van der Waals surface area (Å²) in [4.78, 5) is 33.9. The number of carboxylic acid groups (broad SMARTS) is 1. The van der Waals surface area contributed by atoms with Crippen LogP contribution in [0.5, 0.6) is 0 Å². The number of carbonyl (C=O) groups is 2. The van der Waals surface area contributed by atoms with Crippen LogP contribution in [0.3, 0.4) is 0 Å². The van der Waals surface area contributed by atoms with E-state index in [1.165, 1.54) is 15.9 Å². The van der Waals surface area contributed by atoms with E-state index in [4.69, 9.17) is 0 Å². The lowest BCUT2D eigenvalue weighted by atomic mass is 9.92. The molecular weight excluding hydrogens is 449 g/mol. The Kier molecular flexibility index (Phi) is 6.95. The van der Waals surface area contributed by atoms with Crippen molar-refractivity contribution in [2.75, 3.05) is 37.6 Å². The summed E-state index contributed by atoms with van der Waals surface area (Å²) in [7, 11) is 0. The molecule has 2 aromatic rings. The molecule has 2 unspecified atom stereocenters. The van der Waals surface area contributed by atoms with Crippen molar-refractivity contribution in [1.82, 2.24) is 14.8 Å². The lowest BCUT2D eigenvalue weighted by Gasteiger charge is -2.36. The highest BCUT2D eigenvalue weighted by molar-refractivity contribution is 5.80. The van der Waals surface area contributed by atoms with Crippen LogP contribution in [-0.2, 0) is 4.79 Å². The highest BCUT2D eigenvalue weighted by Gasteiger charge is 2.45. The number of hydrogen-bond donors (Lipinski definition) is 1. The molecule has 0 spiro atoms. The van der Waals surface area contributed by atoms with E-state index in [9.17, 15) is 23.5 Å². The van der Waals surface area contributed by atoms with Crippen molar-refractivity contribution in [3.63, 3.8) is 0 Å². The summed E-state index contributed by atoms with van der Waals surface area (Å²) in [6, 6.07) is 8.17. The predicted molar refractivity (Wildman–Crippen MR) is 119 cm³/mol. The van der Waals surface area contributed by atoms with Crippen molar-refractivity contribution in [1.29, 1.82) is 0 Å². The number of likely N-dealkylation sites (tertiary alicyclic amines) is 1. The smallest absolute Gasteiger partial charge is 0.407 e. The number of likely N-dealkylation sites (N-methyl/N-ethyl adjacent to an activating group) is 1. The van der Waals surface area contributed by atoms with Crippen molar-refractivity contribution in [3.05, 3.63) is 59.8 Å². The van der Waals surface area contributed by atoms with Gasteiger partial charge in [0.2, 0.25) is 5.91 Å². The van der Waals surface area contributed by atoms with E-state index >= 15 is 4.39 Å². The van der Waals surface area contributed by atoms with Gasteiger partial charge in [0.05, 0.1) is 18.5 Å². The summed E-state index contributed by atoms with van der Waals surface area (Å²) in [5.41, 5.74) is 0.403. The van der Waals surface area contributed by atoms with Crippen molar-refractivity contribution in [2.24, 2.45) is 5.92 Å². The molecule has 2 aliphatic heterocycles. The SMILES string of the molecule is CCN(C(=O)O)[C@@H]1CN(C(=O)C2CCN(c3ccccn3)CC2F)C[C@H]1c1ccc(F)c(F)c1. The molecule has 1 N–H and O–H groups in total. The summed E-state index contributed by atoms with van der Waals surface area (Å²) >= 11 is 0. The van der Waals surface area contributed by atoms with E-state index in [2.05, 4.69) is 4.98 Å². The van der Waals surface area contributed by atoms with Gasteiger partial charge in [0, 0.05) is 38.3 Å². The summed E-state index contributed by atoms with van der Waals surface area (Å²) < 4.78 is 42.6. The van der Waals surface area contributed by atoms with Gasteiger partial charge in [-0.3, -0.25) is 4.79 Å². The van der Waals surface area contributed by atoms with Crippen LogP contribution in [0.15, 0.2) is 42.6 Å². The number of benzene rings is 1. The van der Waals surface area contributed by atoms with E-state index in [0.717, 1.165) is 12.1 Å². The van der Waals surface area contributed by atoms with Crippen LogP contribution in [0.4, 0.5) is 23.8 Å². The first-order chi connectivity index (χ1) is 16.3. The number of aromatic nitrogens is 1. The molecule has 1 aromatic carbocycles. The zero-order chi connectivity index (χ0) is 24.4. The van der Waals surface area contributed by atoms with Gasteiger partial charge < -0.3 is 19.8 Å². The first-order valence-electron chi connectivity index (χ1n) is 11.3. The zero-order valence-electron chi connectivity index (χ0n) is 18.8. The Labute approximate surface area is 195 Å². The molecular formula is C24H27F3N4O3.